The number of ether oxygens (including phenoxy) is 2. The Morgan fingerprint density at radius 3 is 2.47 bits per heavy atom. The summed E-state index contributed by atoms with van der Waals surface area (Å²) in [7, 11) is 0. The second-order valence-electron chi connectivity index (χ2n) is 4.42. The van der Waals surface area contributed by atoms with Crippen LogP contribution in [0.2, 0.25) is 5.02 Å². The zero-order chi connectivity index (χ0) is 13.2. The zero-order valence-corrected chi connectivity index (χ0v) is 10.9. The lowest BCUT2D eigenvalue weighted by molar-refractivity contribution is 0.263. The number of epoxide rings is 1. The van der Waals surface area contributed by atoms with Crippen molar-refractivity contribution in [1.29, 1.82) is 0 Å². The summed E-state index contributed by atoms with van der Waals surface area (Å²) in [5.74, 6) is 0.391. The maximum Gasteiger partial charge on any atom is 0.141 e. The quantitative estimate of drug-likeness (QED) is 0.791. The lowest BCUT2D eigenvalue weighted by Crippen LogP contribution is -2.03. The number of benzene rings is 2. The van der Waals surface area contributed by atoms with E-state index in [0.29, 0.717) is 6.61 Å². The predicted octanol–water partition coefficient (Wildman–Crippen LogP) is 3.92. The molecule has 2 aromatic carbocycles. The largest absolute Gasteiger partial charge is 0.491 e. The van der Waals surface area contributed by atoms with Crippen LogP contribution in [0, 0.1) is 5.82 Å². The molecular weight excluding hydrogens is 267 g/mol. The van der Waals surface area contributed by atoms with E-state index in [1.807, 2.05) is 24.3 Å². The summed E-state index contributed by atoms with van der Waals surface area (Å²) in [6.45, 7) is 1.37. The lowest BCUT2D eigenvalue weighted by Gasteiger charge is -2.06. The van der Waals surface area contributed by atoms with Gasteiger partial charge in [-0.15, -0.1) is 0 Å². The van der Waals surface area contributed by atoms with Crippen molar-refractivity contribution < 1.29 is 13.9 Å². The molecule has 1 heterocycles. The normalized spacial score (nSPS) is 17.3. The van der Waals surface area contributed by atoms with E-state index in [1.54, 1.807) is 12.1 Å². The van der Waals surface area contributed by atoms with E-state index in [-0.39, 0.29) is 11.1 Å². The van der Waals surface area contributed by atoms with Crippen LogP contribution in [-0.4, -0.2) is 19.3 Å². The van der Waals surface area contributed by atoms with Gasteiger partial charge in [-0.1, -0.05) is 29.8 Å². The molecule has 0 radical (unpaired) electrons. The second kappa shape index (κ2) is 5.19. The third-order valence-electron chi connectivity index (χ3n) is 2.95. The maximum absolute atomic E-state index is 13.1. The Bertz CT molecular complexity index is 579. The van der Waals surface area contributed by atoms with Crippen LogP contribution in [0.25, 0.3) is 11.1 Å². The molecule has 3 rings (SSSR count). The average molecular weight is 279 g/mol. The van der Waals surface area contributed by atoms with Crippen LogP contribution >= 0.6 is 11.6 Å². The molecular formula is C15H12ClFO2. The van der Waals surface area contributed by atoms with E-state index in [0.717, 1.165) is 23.5 Å². The SMILES string of the molecule is Fc1ccc(-c2ccc(OCC3CO3)cc2)cc1Cl. The highest BCUT2D eigenvalue weighted by molar-refractivity contribution is 6.31. The van der Waals surface area contributed by atoms with Crippen LogP contribution in [0.4, 0.5) is 4.39 Å². The van der Waals surface area contributed by atoms with Gasteiger partial charge in [0.1, 0.15) is 24.3 Å². The Morgan fingerprint density at radius 1 is 1.16 bits per heavy atom. The molecule has 0 amide bonds. The molecule has 0 aliphatic carbocycles. The van der Waals surface area contributed by atoms with Gasteiger partial charge in [-0.2, -0.15) is 0 Å². The first-order valence-corrected chi connectivity index (χ1v) is 6.40. The van der Waals surface area contributed by atoms with Gasteiger partial charge in [0.05, 0.1) is 11.6 Å². The average Bonchev–Trinajstić information content (AvgIpc) is 3.24. The molecule has 0 bridgehead atoms. The molecule has 2 nitrogen and oxygen atoms in total. The van der Waals surface area contributed by atoms with Gasteiger partial charge in [0, 0.05) is 0 Å². The van der Waals surface area contributed by atoms with Gasteiger partial charge in [0.2, 0.25) is 0 Å². The minimum absolute atomic E-state index is 0.128. The minimum Gasteiger partial charge on any atom is -0.491 e. The van der Waals surface area contributed by atoms with Crippen LogP contribution in [0.1, 0.15) is 0 Å². The summed E-state index contributed by atoms with van der Waals surface area (Å²) in [6, 6.07) is 12.3. The van der Waals surface area contributed by atoms with Gasteiger partial charge in [-0.05, 0) is 35.4 Å². The first-order chi connectivity index (χ1) is 9.22. The standard InChI is InChI=1S/C15H12ClFO2/c16-14-7-11(3-6-15(14)17)10-1-4-12(5-2-10)18-8-13-9-19-13/h1-7,13H,8-9H2. The molecule has 1 unspecified atom stereocenters. The molecule has 0 spiro atoms. The van der Waals surface area contributed by atoms with Crippen molar-refractivity contribution in [2.45, 2.75) is 6.10 Å². The van der Waals surface area contributed by atoms with Crippen molar-refractivity contribution in [2.24, 2.45) is 0 Å². The minimum atomic E-state index is -0.408. The molecule has 98 valence electrons. The lowest BCUT2D eigenvalue weighted by atomic mass is 10.1. The summed E-state index contributed by atoms with van der Waals surface area (Å²) >= 11 is 5.77. The number of hydrogen-bond acceptors (Lipinski definition) is 2. The van der Waals surface area contributed by atoms with Crippen LogP contribution in [0.3, 0.4) is 0 Å². The molecule has 1 aliphatic heterocycles. The molecule has 4 heteroatoms. The second-order valence-corrected chi connectivity index (χ2v) is 4.83. The number of rotatable bonds is 4. The Balaban J connectivity index is 1.74. The summed E-state index contributed by atoms with van der Waals surface area (Å²) in [4.78, 5) is 0. The van der Waals surface area contributed by atoms with Gasteiger partial charge in [-0.25, -0.2) is 4.39 Å². The fourth-order valence-corrected chi connectivity index (χ4v) is 1.95. The monoisotopic (exact) mass is 278 g/mol. The van der Waals surface area contributed by atoms with Crippen molar-refractivity contribution in [2.75, 3.05) is 13.2 Å². The highest BCUT2D eigenvalue weighted by atomic mass is 35.5. The summed E-state index contributed by atoms with van der Waals surface area (Å²) in [6.07, 6.45) is 0.246. The summed E-state index contributed by atoms with van der Waals surface area (Å²) in [5, 5.41) is 0.128. The van der Waals surface area contributed by atoms with Gasteiger partial charge in [-0.3, -0.25) is 0 Å². The van der Waals surface area contributed by atoms with Crippen LogP contribution < -0.4 is 4.74 Å². The Kier molecular flexibility index (Phi) is 3.40. The third kappa shape index (κ3) is 3.06. The van der Waals surface area contributed by atoms with Gasteiger partial charge >= 0.3 is 0 Å². The van der Waals surface area contributed by atoms with Crippen molar-refractivity contribution >= 4 is 11.6 Å². The molecule has 2 aromatic rings. The van der Waals surface area contributed by atoms with E-state index in [2.05, 4.69) is 0 Å². The molecule has 1 aliphatic rings. The van der Waals surface area contributed by atoms with E-state index < -0.39 is 5.82 Å². The van der Waals surface area contributed by atoms with E-state index in [9.17, 15) is 4.39 Å². The van der Waals surface area contributed by atoms with E-state index in [4.69, 9.17) is 21.1 Å². The molecule has 0 aromatic heterocycles. The van der Waals surface area contributed by atoms with E-state index >= 15 is 0 Å². The predicted molar refractivity (Wildman–Crippen MR) is 72.1 cm³/mol. The Morgan fingerprint density at radius 2 is 1.84 bits per heavy atom. The van der Waals surface area contributed by atoms with Crippen molar-refractivity contribution in [3.63, 3.8) is 0 Å². The van der Waals surface area contributed by atoms with Crippen LogP contribution in [0.15, 0.2) is 42.5 Å². The molecule has 0 N–H and O–H groups in total. The smallest absolute Gasteiger partial charge is 0.141 e. The number of halogens is 2. The molecule has 1 saturated heterocycles. The molecule has 1 fully saturated rings. The first kappa shape index (κ1) is 12.5. The Labute approximate surface area is 115 Å². The third-order valence-corrected chi connectivity index (χ3v) is 3.24. The van der Waals surface area contributed by atoms with Crippen molar-refractivity contribution in [1.82, 2.24) is 0 Å². The maximum atomic E-state index is 13.1. The highest BCUT2D eigenvalue weighted by Gasteiger charge is 2.22. The fourth-order valence-electron chi connectivity index (χ4n) is 1.77. The van der Waals surface area contributed by atoms with Gasteiger partial charge in [0.25, 0.3) is 0 Å². The fraction of sp³-hybridized carbons (Fsp3) is 0.200. The summed E-state index contributed by atoms with van der Waals surface area (Å²) < 4.78 is 23.7. The Hall–Kier alpha value is -1.58. The van der Waals surface area contributed by atoms with Gasteiger partial charge < -0.3 is 9.47 Å². The van der Waals surface area contributed by atoms with Crippen LogP contribution in [0.5, 0.6) is 5.75 Å². The number of hydrogen-bond donors (Lipinski definition) is 0. The van der Waals surface area contributed by atoms with Gasteiger partial charge in [0.15, 0.2) is 0 Å². The highest BCUT2D eigenvalue weighted by Crippen LogP contribution is 2.26. The zero-order valence-electron chi connectivity index (χ0n) is 10.1. The van der Waals surface area contributed by atoms with Crippen molar-refractivity contribution in [3.8, 4) is 16.9 Å². The van der Waals surface area contributed by atoms with Crippen LogP contribution in [-0.2, 0) is 4.74 Å². The molecule has 19 heavy (non-hydrogen) atoms. The van der Waals surface area contributed by atoms with Crippen molar-refractivity contribution in [3.05, 3.63) is 53.3 Å². The van der Waals surface area contributed by atoms with E-state index in [1.165, 1.54) is 6.07 Å². The molecule has 1 atom stereocenters. The topological polar surface area (TPSA) is 21.8 Å². The molecule has 0 saturated carbocycles. The summed E-state index contributed by atoms with van der Waals surface area (Å²) in [5.41, 5.74) is 1.85. The first-order valence-electron chi connectivity index (χ1n) is 6.02.